The number of benzene rings is 2. The maximum Gasteiger partial charge on any atom is 0.330 e. The third-order valence-electron chi connectivity index (χ3n) is 3.19. The molecule has 0 saturated carbocycles. The lowest BCUT2D eigenvalue weighted by atomic mass is 10.1. The van der Waals surface area contributed by atoms with Crippen LogP contribution in [-0.4, -0.2) is 12.2 Å². The number of carbonyl (C=O) groups excluding carboxylic acids is 1. The summed E-state index contributed by atoms with van der Waals surface area (Å²) in [7, 11) is 0. The van der Waals surface area contributed by atoms with Gasteiger partial charge < -0.3 is 10.7 Å². The van der Waals surface area contributed by atoms with Gasteiger partial charge in [0.05, 0.1) is 12.1 Å². The molecule has 2 amide bonds. The maximum absolute atomic E-state index is 11.9. The molecular formula is C16H19N5OS. The lowest BCUT2D eigenvalue weighted by molar-refractivity contribution is 0.257. The van der Waals surface area contributed by atoms with Crippen molar-refractivity contribution >= 4 is 35.8 Å². The standard InChI is InChI=1S/C16H19N5OS/c1-11-4-3-5-12(2)15(11)19-16(22)21-23-18-10-13-6-8-14(20-17)9-7-13/h3-10,20H,17H2,1-2H3,(H2,19,21,22)/b18-10+. The Bertz CT molecular complexity index is 680. The number of amides is 2. The normalized spacial score (nSPS) is 10.6. The van der Waals surface area contributed by atoms with Crippen molar-refractivity contribution < 1.29 is 4.79 Å². The number of hydrazine groups is 1. The van der Waals surface area contributed by atoms with Gasteiger partial charge in [0.2, 0.25) is 0 Å². The number of nitrogens with two attached hydrogens (primary N) is 1. The minimum absolute atomic E-state index is 0.313. The van der Waals surface area contributed by atoms with E-state index in [1.807, 2.05) is 56.3 Å². The topological polar surface area (TPSA) is 91.5 Å². The molecule has 0 atom stereocenters. The Hall–Kier alpha value is -2.51. The zero-order chi connectivity index (χ0) is 16.7. The second-order valence-corrected chi connectivity index (χ2v) is 5.51. The predicted octanol–water partition coefficient (Wildman–Crippen LogP) is 3.39. The van der Waals surface area contributed by atoms with Crippen LogP contribution in [0.25, 0.3) is 0 Å². The molecule has 0 aliphatic heterocycles. The van der Waals surface area contributed by atoms with E-state index in [0.29, 0.717) is 0 Å². The Morgan fingerprint density at radius 3 is 2.39 bits per heavy atom. The second-order valence-electron chi connectivity index (χ2n) is 4.92. The van der Waals surface area contributed by atoms with Crippen molar-refractivity contribution in [3.63, 3.8) is 0 Å². The second kappa shape index (κ2) is 8.21. The van der Waals surface area contributed by atoms with Gasteiger partial charge in [-0.05, 0) is 42.7 Å². The molecule has 0 aromatic heterocycles. The van der Waals surface area contributed by atoms with Crippen LogP contribution in [0.4, 0.5) is 16.2 Å². The SMILES string of the molecule is Cc1cccc(C)c1NC(=O)NS/N=C/c1ccc(NN)cc1. The zero-order valence-electron chi connectivity index (χ0n) is 13.0. The monoisotopic (exact) mass is 329 g/mol. The van der Waals surface area contributed by atoms with Gasteiger partial charge in [0.25, 0.3) is 0 Å². The van der Waals surface area contributed by atoms with E-state index < -0.39 is 0 Å². The van der Waals surface area contributed by atoms with E-state index in [4.69, 9.17) is 5.84 Å². The number of nitrogens with one attached hydrogen (secondary N) is 3. The number of aryl methyl sites for hydroxylation is 2. The van der Waals surface area contributed by atoms with Crippen LogP contribution < -0.4 is 21.3 Å². The summed E-state index contributed by atoms with van der Waals surface area (Å²) in [5.74, 6) is 5.30. The molecule has 0 heterocycles. The fourth-order valence-electron chi connectivity index (χ4n) is 1.97. The van der Waals surface area contributed by atoms with E-state index in [9.17, 15) is 4.79 Å². The summed E-state index contributed by atoms with van der Waals surface area (Å²) >= 11 is 0.964. The highest BCUT2D eigenvalue weighted by Crippen LogP contribution is 2.19. The molecule has 2 aromatic carbocycles. The minimum Gasteiger partial charge on any atom is -0.324 e. The summed E-state index contributed by atoms with van der Waals surface area (Å²) in [5, 5.41) is 2.83. The van der Waals surface area contributed by atoms with Crippen LogP contribution in [0.2, 0.25) is 0 Å². The lowest BCUT2D eigenvalue weighted by Gasteiger charge is -2.10. The fraction of sp³-hybridized carbons (Fsp3) is 0.125. The molecule has 5 N–H and O–H groups in total. The largest absolute Gasteiger partial charge is 0.330 e. The van der Waals surface area contributed by atoms with E-state index >= 15 is 0 Å². The number of para-hydroxylation sites is 1. The van der Waals surface area contributed by atoms with Gasteiger partial charge in [-0.3, -0.25) is 10.6 Å². The number of nitrogens with zero attached hydrogens (tertiary/aromatic N) is 1. The number of rotatable bonds is 5. The molecule has 0 aliphatic carbocycles. The van der Waals surface area contributed by atoms with Gasteiger partial charge in [-0.25, -0.2) is 9.19 Å². The molecule has 23 heavy (non-hydrogen) atoms. The Morgan fingerprint density at radius 2 is 1.78 bits per heavy atom. The molecule has 6 nitrogen and oxygen atoms in total. The number of hydrogen-bond donors (Lipinski definition) is 4. The molecule has 120 valence electrons. The van der Waals surface area contributed by atoms with Crippen LogP contribution in [0.3, 0.4) is 0 Å². The smallest absolute Gasteiger partial charge is 0.324 e. The van der Waals surface area contributed by atoms with Crippen molar-refractivity contribution in [2.24, 2.45) is 10.2 Å². The predicted molar refractivity (Wildman–Crippen MR) is 97.5 cm³/mol. The summed E-state index contributed by atoms with van der Waals surface area (Å²) < 4.78 is 6.71. The summed E-state index contributed by atoms with van der Waals surface area (Å²) in [6, 6.07) is 13.0. The van der Waals surface area contributed by atoms with Crippen molar-refractivity contribution in [1.29, 1.82) is 0 Å². The molecule has 0 unspecified atom stereocenters. The average molecular weight is 329 g/mol. The van der Waals surface area contributed by atoms with Crippen LogP contribution >= 0.6 is 12.1 Å². The first kappa shape index (κ1) is 16.9. The highest BCUT2D eigenvalue weighted by molar-refractivity contribution is 7.96. The Balaban J connectivity index is 1.83. The molecule has 2 aromatic rings. The molecule has 0 spiro atoms. The first-order valence-corrected chi connectivity index (χ1v) is 7.77. The van der Waals surface area contributed by atoms with Crippen molar-refractivity contribution in [3.8, 4) is 0 Å². The Morgan fingerprint density at radius 1 is 1.13 bits per heavy atom. The van der Waals surface area contributed by atoms with E-state index in [0.717, 1.165) is 40.2 Å². The van der Waals surface area contributed by atoms with E-state index in [1.165, 1.54) is 0 Å². The summed E-state index contributed by atoms with van der Waals surface area (Å²) in [6.07, 6.45) is 1.66. The summed E-state index contributed by atoms with van der Waals surface area (Å²) in [5.41, 5.74) is 7.14. The number of nitrogen functional groups attached to an aromatic ring is 1. The van der Waals surface area contributed by atoms with Crippen molar-refractivity contribution in [2.45, 2.75) is 13.8 Å². The zero-order valence-corrected chi connectivity index (χ0v) is 13.8. The third-order valence-corrected chi connectivity index (χ3v) is 3.68. The number of urea groups is 1. The van der Waals surface area contributed by atoms with Gasteiger partial charge in [0, 0.05) is 17.6 Å². The van der Waals surface area contributed by atoms with Gasteiger partial charge in [0.15, 0.2) is 0 Å². The van der Waals surface area contributed by atoms with Crippen molar-refractivity contribution in [1.82, 2.24) is 4.72 Å². The summed E-state index contributed by atoms with van der Waals surface area (Å²) in [4.78, 5) is 11.9. The molecule has 2 rings (SSSR count). The van der Waals surface area contributed by atoms with Gasteiger partial charge in [-0.1, -0.05) is 30.3 Å². The van der Waals surface area contributed by atoms with Crippen LogP contribution in [0.1, 0.15) is 16.7 Å². The first-order chi connectivity index (χ1) is 11.1. The average Bonchev–Trinajstić information content (AvgIpc) is 2.56. The maximum atomic E-state index is 11.9. The number of carbonyl (C=O) groups is 1. The Kier molecular flexibility index (Phi) is 6.02. The number of anilines is 2. The van der Waals surface area contributed by atoms with Gasteiger partial charge >= 0.3 is 6.03 Å². The molecular weight excluding hydrogens is 310 g/mol. The van der Waals surface area contributed by atoms with Crippen LogP contribution in [0, 0.1) is 13.8 Å². The molecule has 7 heteroatoms. The van der Waals surface area contributed by atoms with E-state index in [1.54, 1.807) is 6.21 Å². The summed E-state index contributed by atoms with van der Waals surface area (Å²) in [6.45, 7) is 3.90. The highest BCUT2D eigenvalue weighted by atomic mass is 32.2. The van der Waals surface area contributed by atoms with Gasteiger partial charge in [-0.2, -0.15) is 0 Å². The van der Waals surface area contributed by atoms with Crippen LogP contribution in [0.15, 0.2) is 46.9 Å². The molecule has 0 bridgehead atoms. The highest BCUT2D eigenvalue weighted by Gasteiger charge is 2.06. The van der Waals surface area contributed by atoms with E-state index in [-0.39, 0.29) is 6.03 Å². The quantitative estimate of drug-likeness (QED) is 0.293. The van der Waals surface area contributed by atoms with Crippen molar-refractivity contribution in [2.75, 3.05) is 10.7 Å². The first-order valence-electron chi connectivity index (χ1n) is 6.99. The minimum atomic E-state index is -0.313. The van der Waals surface area contributed by atoms with Crippen LogP contribution in [0.5, 0.6) is 0 Å². The molecule has 0 saturated heterocycles. The fourth-order valence-corrected chi connectivity index (χ4v) is 2.33. The van der Waals surface area contributed by atoms with Crippen LogP contribution in [-0.2, 0) is 0 Å². The lowest BCUT2D eigenvalue weighted by Crippen LogP contribution is -2.23. The van der Waals surface area contributed by atoms with E-state index in [2.05, 4.69) is 19.9 Å². The Labute approximate surface area is 139 Å². The molecule has 0 fully saturated rings. The van der Waals surface area contributed by atoms with Crippen molar-refractivity contribution in [3.05, 3.63) is 59.2 Å². The molecule has 0 radical (unpaired) electrons. The number of hydrogen-bond acceptors (Lipinski definition) is 5. The third kappa shape index (κ3) is 5.01. The van der Waals surface area contributed by atoms with Gasteiger partial charge in [0.1, 0.15) is 0 Å². The van der Waals surface area contributed by atoms with Gasteiger partial charge in [-0.15, -0.1) is 0 Å². The molecule has 0 aliphatic rings.